The Labute approximate surface area is 197 Å². The molecular weight excluding hydrogens is 474 g/mol. The van der Waals surface area contributed by atoms with Gasteiger partial charge in [0.1, 0.15) is 5.82 Å². The summed E-state index contributed by atoms with van der Waals surface area (Å²) in [4.78, 5) is 3.93. The van der Waals surface area contributed by atoms with Crippen LogP contribution in [-0.2, 0) is 18.9 Å². The van der Waals surface area contributed by atoms with Gasteiger partial charge in [-0.05, 0) is 61.2 Å². The van der Waals surface area contributed by atoms with Crippen molar-refractivity contribution in [1.82, 2.24) is 15.1 Å². The van der Waals surface area contributed by atoms with E-state index in [1.54, 1.807) is 24.3 Å². The molecule has 2 heterocycles. The molecule has 0 spiro atoms. The van der Waals surface area contributed by atoms with E-state index < -0.39 is 23.8 Å². The standard InChI is InChI=1S/C24H22F6N4O/c1-16(33-13-3-2-4-14-33)34(20-11-9-19(10-12-20)23(25,26)27)15-17-5-7-18(8-6-17)21-31-32-22(35-21)24(28,29)30/h5-12H,1-4,13-15H2. The van der Waals surface area contributed by atoms with E-state index in [9.17, 15) is 26.3 Å². The predicted octanol–water partition coefficient (Wildman–Crippen LogP) is 6.74. The van der Waals surface area contributed by atoms with Crippen LogP contribution in [0.3, 0.4) is 0 Å². The number of hydrogen-bond donors (Lipinski definition) is 0. The van der Waals surface area contributed by atoms with Gasteiger partial charge in [0.2, 0.25) is 5.89 Å². The van der Waals surface area contributed by atoms with Crippen molar-refractivity contribution >= 4 is 5.69 Å². The van der Waals surface area contributed by atoms with E-state index in [0.29, 0.717) is 23.6 Å². The molecule has 0 aliphatic carbocycles. The van der Waals surface area contributed by atoms with Gasteiger partial charge in [-0.2, -0.15) is 26.3 Å². The van der Waals surface area contributed by atoms with Crippen LogP contribution in [0.15, 0.2) is 65.3 Å². The Balaban J connectivity index is 1.58. The summed E-state index contributed by atoms with van der Waals surface area (Å²) in [7, 11) is 0. The summed E-state index contributed by atoms with van der Waals surface area (Å²) in [5.74, 6) is -1.02. The third-order valence-electron chi connectivity index (χ3n) is 5.75. The number of anilines is 1. The summed E-state index contributed by atoms with van der Waals surface area (Å²) >= 11 is 0. The van der Waals surface area contributed by atoms with Crippen LogP contribution in [0.25, 0.3) is 11.5 Å². The number of piperidine rings is 1. The van der Waals surface area contributed by atoms with E-state index >= 15 is 0 Å². The van der Waals surface area contributed by atoms with Gasteiger partial charge in [-0.25, -0.2) is 0 Å². The van der Waals surface area contributed by atoms with Crippen LogP contribution in [0.5, 0.6) is 0 Å². The monoisotopic (exact) mass is 496 g/mol. The highest BCUT2D eigenvalue weighted by atomic mass is 19.4. The first-order valence-electron chi connectivity index (χ1n) is 10.9. The van der Waals surface area contributed by atoms with E-state index in [1.807, 2.05) is 4.90 Å². The van der Waals surface area contributed by atoms with Gasteiger partial charge in [-0.15, -0.1) is 10.2 Å². The third-order valence-corrected chi connectivity index (χ3v) is 5.75. The molecule has 0 unspecified atom stereocenters. The van der Waals surface area contributed by atoms with Crippen LogP contribution < -0.4 is 4.90 Å². The smallest absolute Gasteiger partial charge is 0.413 e. The maximum atomic E-state index is 13.0. The molecule has 1 aromatic heterocycles. The topological polar surface area (TPSA) is 45.4 Å². The minimum absolute atomic E-state index is 0.263. The van der Waals surface area contributed by atoms with Crippen molar-refractivity contribution in [2.45, 2.75) is 38.2 Å². The summed E-state index contributed by atoms with van der Waals surface area (Å²) in [5.41, 5.74) is 0.881. The molecule has 1 aliphatic rings. The Bertz CT molecular complexity index is 1150. The van der Waals surface area contributed by atoms with Gasteiger partial charge >= 0.3 is 18.2 Å². The molecule has 4 rings (SSSR count). The largest absolute Gasteiger partial charge is 0.470 e. The Hall–Kier alpha value is -3.50. The molecule has 0 N–H and O–H groups in total. The summed E-state index contributed by atoms with van der Waals surface area (Å²) in [5, 5.41) is 6.48. The molecule has 2 aromatic carbocycles. The maximum Gasteiger partial charge on any atom is 0.470 e. The van der Waals surface area contributed by atoms with E-state index in [4.69, 9.17) is 4.42 Å². The number of halogens is 6. The van der Waals surface area contributed by atoms with Gasteiger partial charge in [0.15, 0.2) is 0 Å². The minimum Gasteiger partial charge on any atom is -0.413 e. The van der Waals surface area contributed by atoms with E-state index in [-0.39, 0.29) is 5.89 Å². The van der Waals surface area contributed by atoms with Crippen molar-refractivity contribution in [3.63, 3.8) is 0 Å². The lowest BCUT2D eigenvalue weighted by molar-refractivity contribution is -0.157. The summed E-state index contributed by atoms with van der Waals surface area (Å²) in [6, 6.07) is 11.4. The molecule has 11 heteroatoms. The van der Waals surface area contributed by atoms with Crippen molar-refractivity contribution in [2.75, 3.05) is 18.0 Å². The number of rotatable bonds is 6. The molecule has 186 valence electrons. The Morgan fingerprint density at radius 3 is 2.03 bits per heavy atom. The fourth-order valence-electron chi connectivity index (χ4n) is 3.87. The Morgan fingerprint density at radius 1 is 0.857 bits per heavy atom. The quantitative estimate of drug-likeness (QED) is 0.354. The summed E-state index contributed by atoms with van der Waals surface area (Å²) in [6.45, 7) is 6.09. The first kappa shape index (κ1) is 24.6. The molecule has 1 aliphatic heterocycles. The van der Waals surface area contributed by atoms with Crippen molar-refractivity contribution in [3.8, 4) is 11.5 Å². The lowest BCUT2D eigenvalue weighted by atomic mass is 10.1. The van der Waals surface area contributed by atoms with Gasteiger partial charge in [0.25, 0.3) is 0 Å². The lowest BCUT2D eigenvalue weighted by Crippen LogP contribution is -2.37. The average molecular weight is 496 g/mol. The number of nitrogens with zero attached hydrogens (tertiary/aromatic N) is 4. The molecule has 1 saturated heterocycles. The number of aromatic nitrogens is 2. The third kappa shape index (κ3) is 5.77. The van der Waals surface area contributed by atoms with Crippen LogP contribution in [0, 0.1) is 0 Å². The highest BCUT2D eigenvalue weighted by molar-refractivity contribution is 5.56. The number of likely N-dealkylation sites (tertiary alicyclic amines) is 1. The molecular formula is C24H22F6N4O. The van der Waals surface area contributed by atoms with Crippen LogP contribution in [-0.4, -0.2) is 28.2 Å². The van der Waals surface area contributed by atoms with E-state index in [2.05, 4.69) is 21.7 Å². The molecule has 35 heavy (non-hydrogen) atoms. The zero-order valence-corrected chi connectivity index (χ0v) is 18.5. The Morgan fingerprint density at radius 2 is 1.49 bits per heavy atom. The SMILES string of the molecule is C=C(N1CCCCC1)N(Cc1ccc(-c2nnc(C(F)(F)F)o2)cc1)c1ccc(C(F)(F)F)cc1. The van der Waals surface area contributed by atoms with Crippen LogP contribution in [0.4, 0.5) is 32.0 Å². The molecule has 5 nitrogen and oxygen atoms in total. The minimum atomic E-state index is -4.73. The highest BCUT2D eigenvalue weighted by Crippen LogP contribution is 2.33. The van der Waals surface area contributed by atoms with E-state index in [0.717, 1.165) is 50.0 Å². The van der Waals surface area contributed by atoms with Crippen LogP contribution in [0.2, 0.25) is 0 Å². The molecule has 0 atom stereocenters. The average Bonchev–Trinajstić information content (AvgIpc) is 3.34. The Kier molecular flexibility index (Phi) is 6.77. The molecule has 1 fully saturated rings. The van der Waals surface area contributed by atoms with Gasteiger partial charge in [0, 0.05) is 30.9 Å². The number of benzene rings is 2. The van der Waals surface area contributed by atoms with Gasteiger partial charge in [0.05, 0.1) is 5.56 Å². The van der Waals surface area contributed by atoms with E-state index in [1.165, 1.54) is 12.1 Å². The molecule has 0 radical (unpaired) electrons. The first-order chi connectivity index (χ1) is 16.5. The highest BCUT2D eigenvalue weighted by Gasteiger charge is 2.38. The molecule has 0 bridgehead atoms. The van der Waals surface area contributed by atoms with Crippen LogP contribution in [0.1, 0.15) is 36.3 Å². The van der Waals surface area contributed by atoms with Crippen molar-refractivity contribution < 1.29 is 30.8 Å². The summed E-state index contributed by atoms with van der Waals surface area (Å²) in [6.07, 6.45) is -6.07. The first-order valence-corrected chi connectivity index (χ1v) is 10.9. The predicted molar refractivity (Wildman–Crippen MR) is 117 cm³/mol. The van der Waals surface area contributed by atoms with Gasteiger partial charge in [-0.3, -0.25) is 0 Å². The zero-order valence-electron chi connectivity index (χ0n) is 18.5. The zero-order chi connectivity index (χ0) is 25.2. The van der Waals surface area contributed by atoms with Gasteiger partial charge < -0.3 is 14.2 Å². The fourth-order valence-corrected chi connectivity index (χ4v) is 3.87. The lowest BCUT2D eigenvalue weighted by Gasteiger charge is -2.37. The molecule has 0 amide bonds. The second kappa shape index (κ2) is 9.63. The number of alkyl halides is 6. The van der Waals surface area contributed by atoms with Gasteiger partial charge in [-0.1, -0.05) is 18.7 Å². The summed E-state index contributed by atoms with van der Waals surface area (Å²) < 4.78 is 82.0. The van der Waals surface area contributed by atoms with Crippen molar-refractivity contribution in [2.24, 2.45) is 0 Å². The second-order valence-corrected chi connectivity index (χ2v) is 8.20. The van der Waals surface area contributed by atoms with Crippen LogP contribution >= 0.6 is 0 Å². The normalized spacial score (nSPS) is 14.7. The number of hydrogen-bond acceptors (Lipinski definition) is 5. The second-order valence-electron chi connectivity index (χ2n) is 8.20. The maximum absolute atomic E-state index is 13.0. The van der Waals surface area contributed by atoms with Crippen molar-refractivity contribution in [3.05, 3.63) is 77.9 Å². The molecule has 3 aromatic rings. The molecule has 0 saturated carbocycles. The van der Waals surface area contributed by atoms with Crippen molar-refractivity contribution in [1.29, 1.82) is 0 Å². The fraction of sp³-hybridized carbons (Fsp3) is 0.333.